The Hall–Kier alpha value is -4.60. The van der Waals surface area contributed by atoms with Crippen LogP contribution in [0.25, 0.3) is 10.9 Å². The topological polar surface area (TPSA) is 106 Å². The van der Waals surface area contributed by atoms with Crippen LogP contribution in [0.3, 0.4) is 0 Å². The first-order valence-electron chi connectivity index (χ1n) is 13.0. The van der Waals surface area contributed by atoms with E-state index in [0.717, 1.165) is 29.4 Å². The summed E-state index contributed by atoms with van der Waals surface area (Å²) in [5.74, 6) is 1.18. The van der Waals surface area contributed by atoms with Crippen LogP contribution in [0.2, 0.25) is 0 Å². The van der Waals surface area contributed by atoms with Gasteiger partial charge in [-0.25, -0.2) is 4.98 Å². The van der Waals surface area contributed by atoms with Crippen molar-refractivity contribution in [2.75, 3.05) is 44.5 Å². The smallest absolute Gasteiger partial charge is 0.256 e. The third-order valence-corrected chi connectivity index (χ3v) is 6.15. The van der Waals surface area contributed by atoms with Gasteiger partial charge in [0, 0.05) is 55.3 Å². The maximum absolute atomic E-state index is 12.7. The average molecular weight is 540 g/mol. The number of pyridine rings is 2. The number of carbonyl (C=O) groups is 2. The van der Waals surface area contributed by atoms with Gasteiger partial charge in [-0.1, -0.05) is 13.0 Å². The van der Waals surface area contributed by atoms with Crippen molar-refractivity contribution in [2.24, 2.45) is 0 Å². The lowest BCUT2D eigenvalue weighted by Gasteiger charge is -2.13. The van der Waals surface area contributed by atoms with Gasteiger partial charge in [0.2, 0.25) is 5.91 Å². The number of benzene rings is 2. The number of fused-ring (bicyclic) bond motifs is 1. The van der Waals surface area contributed by atoms with Crippen LogP contribution in [0.1, 0.15) is 22.8 Å². The first kappa shape index (κ1) is 28.4. The molecule has 9 nitrogen and oxygen atoms in total. The van der Waals surface area contributed by atoms with Crippen LogP contribution >= 0.6 is 0 Å². The van der Waals surface area contributed by atoms with Crippen LogP contribution in [-0.2, 0) is 16.0 Å². The summed E-state index contributed by atoms with van der Waals surface area (Å²) >= 11 is 0. The number of rotatable bonds is 12. The van der Waals surface area contributed by atoms with E-state index < -0.39 is 0 Å². The average Bonchev–Trinajstić information content (AvgIpc) is 2.97. The summed E-state index contributed by atoms with van der Waals surface area (Å²) in [6.07, 6.45) is 7.54. The molecule has 4 rings (SSSR count). The Kier molecular flexibility index (Phi) is 9.93. The first-order chi connectivity index (χ1) is 19.4. The fourth-order valence-corrected chi connectivity index (χ4v) is 3.90. The van der Waals surface area contributed by atoms with Gasteiger partial charge in [-0.2, -0.15) is 0 Å². The monoisotopic (exact) mass is 539 g/mol. The van der Waals surface area contributed by atoms with Gasteiger partial charge in [0.05, 0.1) is 12.1 Å². The highest BCUT2D eigenvalue weighted by Crippen LogP contribution is 2.31. The molecule has 0 aliphatic heterocycles. The Morgan fingerprint density at radius 2 is 1.77 bits per heavy atom. The molecule has 2 amide bonds. The fraction of sp³-hybridized carbons (Fsp3) is 0.226. The minimum atomic E-state index is -0.252. The molecule has 2 heterocycles. The molecule has 40 heavy (non-hydrogen) atoms. The molecule has 0 saturated carbocycles. The number of carbonyl (C=O) groups excluding carboxylic acids is 2. The first-order valence-corrected chi connectivity index (χ1v) is 13.0. The summed E-state index contributed by atoms with van der Waals surface area (Å²) in [5.41, 5.74) is 2.93. The van der Waals surface area contributed by atoms with E-state index >= 15 is 0 Å². The number of nitrogens with one attached hydrogen (secondary N) is 2. The van der Waals surface area contributed by atoms with E-state index in [1.807, 2.05) is 44.3 Å². The summed E-state index contributed by atoms with van der Waals surface area (Å²) in [6, 6.07) is 17.9. The second kappa shape index (κ2) is 14.0. The quantitative estimate of drug-likeness (QED) is 0.235. The van der Waals surface area contributed by atoms with E-state index in [4.69, 9.17) is 9.47 Å². The van der Waals surface area contributed by atoms with Crippen LogP contribution in [0.5, 0.6) is 11.5 Å². The molecule has 0 spiro atoms. The Morgan fingerprint density at radius 1 is 0.975 bits per heavy atom. The Labute approximate surface area is 233 Å². The van der Waals surface area contributed by atoms with Crippen LogP contribution in [0, 0.1) is 0 Å². The molecule has 2 aromatic heterocycles. The van der Waals surface area contributed by atoms with E-state index in [2.05, 4.69) is 25.5 Å². The molecule has 0 unspecified atom stereocenters. The number of nitrogens with zero attached hydrogens (tertiary/aromatic N) is 3. The minimum Gasteiger partial charge on any atom is -0.457 e. The van der Waals surface area contributed by atoms with Gasteiger partial charge in [-0.05, 0) is 79.7 Å². The zero-order chi connectivity index (χ0) is 28.3. The van der Waals surface area contributed by atoms with Crippen LogP contribution in [-0.4, -0.2) is 60.5 Å². The Bertz CT molecular complexity index is 1490. The zero-order valence-electron chi connectivity index (χ0n) is 22.9. The highest BCUT2D eigenvalue weighted by Gasteiger charge is 2.10. The summed E-state index contributed by atoms with van der Waals surface area (Å²) in [6.45, 7) is 4.10. The Morgan fingerprint density at radius 3 is 2.55 bits per heavy atom. The molecule has 2 N–H and O–H groups in total. The largest absolute Gasteiger partial charge is 0.457 e. The zero-order valence-corrected chi connectivity index (χ0v) is 22.9. The predicted octanol–water partition coefficient (Wildman–Crippen LogP) is 5.31. The number of anilines is 2. The molecule has 4 aromatic rings. The van der Waals surface area contributed by atoms with Gasteiger partial charge in [-0.3, -0.25) is 14.6 Å². The number of aromatic nitrogens is 2. The molecule has 0 fully saturated rings. The molecule has 0 atom stereocenters. The van der Waals surface area contributed by atoms with E-state index in [0.29, 0.717) is 41.7 Å². The number of hydrogen-bond donors (Lipinski definition) is 2. The predicted molar refractivity (Wildman–Crippen MR) is 157 cm³/mol. The van der Waals surface area contributed by atoms with Gasteiger partial charge < -0.3 is 25.0 Å². The molecular formula is C31H33N5O4. The maximum atomic E-state index is 12.7. The second-order valence-corrected chi connectivity index (χ2v) is 9.17. The molecule has 0 aliphatic carbocycles. The van der Waals surface area contributed by atoms with Gasteiger partial charge in [0.1, 0.15) is 17.3 Å². The summed E-state index contributed by atoms with van der Waals surface area (Å²) in [7, 11) is 3.63. The van der Waals surface area contributed by atoms with Crippen molar-refractivity contribution < 1.29 is 19.1 Å². The van der Waals surface area contributed by atoms with E-state index in [1.54, 1.807) is 55.9 Å². The summed E-state index contributed by atoms with van der Waals surface area (Å²) in [5, 5.41) is 6.46. The van der Waals surface area contributed by atoms with E-state index in [9.17, 15) is 9.59 Å². The molecule has 206 valence electrons. The molecular weight excluding hydrogens is 506 g/mol. The Balaban J connectivity index is 1.41. The lowest BCUT2D eigenvalue weighted by atomic mass is 10.1. The second-order valence-electron chi connectivity index (χ2n) is 9.17. The fourth-order valence-electron chi connectivity index (χ4n) is 3.90. The van der Waals surface area contributed by atoms with Crippen LogP contribution in [0.15, 0.2) is 85.2 Å². The van der Waals surface area contributed by atoms with Crippen molar-refractivity contribution in [2.45, 2.75) is 13.3 Å². The van der Waals surface area contributed by atoms with E-state index in [-0.39, 0.29) is 11.8 Å². The van der Waals surface area contributed by atoms with E-state index in [1.165, 1.54) is 6.08 Å². The third-order valence-electron chi connectivity index (χ3n) is 6.15. The third kappa shape index (κ3) is 7.95. The van der Waals surface area contributed by atoms with Gasteiger partial charge >= 0.3 is 0 Å². The molecule has 0 saturated heterocycles. The van der Waals surface area contributed by atoms with Crippen LogP contribution in [0.4, 0.5) is 11.5 Å². The molecule has 0 aliphatic rings. The van der Waals surface area contributed by atoms with Gasteiger partial charge in [0.15, 0.2) is 0 Å². The number of likely N-dealkylation sites (N-methyl/N-ethyl adjacent to an activating group) is 1. The number of aryl methyl sites for hydroxylation is 1. The SMILES string of the molecule is CCc1ccnc(NC(=O)c2ccc(Oc3ccnc4ccc(NC(=O)/C=C/CN(C)CCOC)cc34)cc2)c1. The normalized spacial score (nSPS) is 11.2. The molecule has 0 bridgehead atoms. The lowest BCUT2D eigenvalue weighted by molar-refractivity contribution is -0.111. The van der Waals surface area contributed by atoms with Crippen molar-refractivity contribution in [1.82, 2.24) is 14.9 Å². The molecule has 9 heteroatoms. The highest BCUT2D eigenvalue weighted by molar-refractivity contribution is 6.04. The van der Waals surface area contributed by atoms with Crippen molar-refractivity contribution in [3.05, 3.63) is 96.3 Å². The van der Waals surface area contributed by atoms with Gasteiger partial charge in [0.25, 0.3) is 5.91 Å². The summed E-state index contributed by atoms with van der Waals surface area (Å²) in [4.78, 5) is 35.8. The van der Waals surface area contributed by atoms with Crippen molar-refractivity contribution in [3.63, 3.8) is 0 Å². The minimum absolute atomic E-state index is 0.226. The number of methoxy groups -OCH3 is 1. The number of amides is 2. The lowest BCUT2D eigenvalue weighted by Crippen LogP contribution is -2.23. The number of ether oxygens (including phenoxy) is 2. The van der Waals surface area contributed by atoms with Crippen molar-refractivity contribution >= 4 is 34.2 Å². The van der Waals surface area contributed by atoms with Crippen molar-refractivity contribution in [3.8, 4) is 11.5 Å². The molecule has 2 aromatic carbocycles. The van der Waals surface area contributed by atoms with Crippen LogP contribution < -0.4 is 15.4 Å². The maximum Gasteiger partial charge on any atom is 0.256 e. The van der Waals surface area contributed by atoms with Crippen molar-refractivity contribution in [1.29, 1.82) is 0 Å². The standard InChI is InChI=1S/C31H33N5O4/c1-4-22-13-15-33-29(20-22)35-31(38)23-7-10-25(11-8-23)40-28-14-16-32-27-12-9-24(21-26(27)28)34-30(37)6-5-17-36(2)18-19-39-3/h5-16,20-21H,4,17-19H2,1-3H3,(H,34,37)(H,33,35,38)/b6-5+. The number of hydrogen-bond acceptors (Lipinski definition) is 7. The summed E-state index contributed by atoms with van der Waals surface area (Å²) < 4.78 is 11.2. The highest BCUT2D eigenvalue weighted by atomic mass is 16.5. The van der Waals surface area contributed by atoms with Gasteiger partial charge in [-0.15, -0.1) is 0 Å². The molecule has 0 radical (unpaired) electrons.